The van der Waals surface area contributed by atoms with Crippen molar-refractivity contribution in [3.05, 3.63) is 112 Å². The predicted octanol–water partition coefficient (Wildman–Crippen LogP) is 41.4. The third-order valence-corrected chi connectivity index (χ3v) is 21.3. The fourth-order valence-electron chi connectivity index (χ4n) is 13.5. The van der Waals surface area contributed by atoms with E-state index in [4.69, 9.17) is 0 Å². The molecular weight excluding hydrogens is 1850 g/mol. The van der Waals surface area contributed by atoms with Gasteiger partial charge in [0.2, 0.25) is 0 Å². The van der Waals surface area contributed by atoms with E-state index in [-0.39, 0.29) is 196 Å². The van der Waals surface area contributed by atoms with Crippen LogP contribution in [0.5, 0.6) is 0 Å². The molecule has 0 amide bonds. The number of unbranched alkanes of at least 4 members (excludes halogenated alkanes) is 50. The Morgan fingerprint density at radius 1 is 0.198 bits per heavy atom. The van der Waals surface area contributed by atoms with Crippen LogP contribution in [0, 0.1) is 68.1 Å². The first kappa shape index (κ1) is 149. The van der Waals surface area contributed by atoms with Gasteiger partial charge in [-0.15, -0.1) is 6.58 Å². The Kier molecular flexibility index (Phi) is 195. The van der Waals surface area contributed by atoms with Crippen molar-refractivity contribution in [2.24, 2.45) is 29.6 Å². The Morgan fingerprint density at radius 3 is 0.698 bits per heavy atom. The molecule has 0 fully saturated rings. The third-order valence-electron chi connectivity index (χ3n) is 21.3. The topological polar surface area (TPSA) is 0 Å². The number of allylic oxidation sites excluding steroid dienone is 11. The summed E-state index contributed by atoms with van der Waals surface area (Å²) in [5.74, 6) is 3.95. The smallest absolute Gasteiger partial charge is 0 e. The number of rotatable bonds is 79. The van der Waals surface area contributed by atoms with Crippen LogP contribution in [0.3, 0.4) is 0 Å². The van der Waals surface area contributed by atoms with Crippen LogP contribution in [0.15, 0.2) is 73.4 Å². The van der Waals surface area contributed by atoms with Gasteiger partial charge >= 0.3 is 0 Å². The van der Waals surface area contributed by atoms with Gasteiger partial charge in [0.1, 0.15) is 0 Å². The number of hydrogen-bond donors (Lipinski definition) is 0. The first-order valence-corrected chi connectivity index (χ1v) is 50.7. The van der Waals surface area contributed by atoms with Crippen molar-refractivity contribution in [1.82, 2.24) is 0 Å². The average Bonchev–Trinajstić information content (AvgIpc) is 1.03. The van der Waals surface area contributed by atoms with Crippen LogP contribution < -0.4 is 0 Å². The van der Waals surface area contributed by atoms with E-state index in [9.17, 15) is 0 Å². The Bertz CT molecular complexity index is 1590. The van der Waals surface area contributed by atoms with Gasteiger partial charge in [0, 0.05) is 196 Å². The molecule has 0 saturated heterocycles. The molecule has 6 radical (unpaired) electrons. The maximum absolute atomic E-state index is 3.67. The van der Waals surface area contributed by atoms with Crippen LogP contribution in [0.1, 0.15) is 568 Å². The minimum Gasteiger partial charge on any atom is -0.334 e. The zero-order valence-corrected chi connectivity index (χ0v) is 101. The first-order chi connectivity index (χ1) is 53.9. The van der Waals surface area contributed by atoms with Crippen molar-refractivity contribution in [3.63, 3.8) is 0 Å². The third kappa shape index (κ3) is 169. The molecule has 0 saturated carbocycles. The van der Waals surface area contributed by atoms with Crippen LogP contribution in [0.25, 0.3) is 0 Å². The minimum atomic E-state index is 0. The van der Waals surface area contributed by atoms with Gasteiger partial charge in [-0.2, -0.15) is 55.8 Å². The van der Waals surface area contributed by atoms with Crippen molar-refractivity contribution in [1.29, 1.82) is 0 Å². The van der Waals surface area contributed by atoms with Crippen molar-refractivity contribution in [2.45, 2.75) is 568 Å². The predicted molar refractivity (Wildman–Crippen MR) is 520 cm³/mol. The molecule has 6 heteroatoms. The van der Waals surface area contributed by atoms with E-state index in [2.05, 4.69) is 230 Å². The summed E-state index contributed by atoms with van der Waals surface area (Å²) in [4.78, 5) is 0. The Morgan fingerprint density at radius 2 is 0.414 bits per heavy atom. The molecule has 0 aromatic carbocycles. The number of hydrogen-bond acceptors (Lipinski definition) is 0. The van der Waals surface area contributed by atoms with Gasteiger partial charge in [-0.05, 0) is 77.0 Å². The molecule has 0 aliphatic rings. The normalized spacial score (nSPS) is 12.0. The van der Waals surface area contributed by atoms with Gasteiger partial charge < -0.3 is 38.5 Å². The molecule has 0 nitrogen and oxygen atoms in total. The van der Waals surface area contributed by atoms with Gasteiger partial charge in [-0.25, -0.2) is 19.3 Å². The molecule has 5 atom stereocenters. The molecule has 0 spiro atoms. The summed E-state index contributed by atoms with van der Waals surface area (Å²) in [7, 11) is 0. The van der Waals surface area contributed by atoms with E-state index in [1.165, 1.54) is 424 Å². The molecule has 0 rings (SSSR count). The van der Waals surface area contributed by atoms with Crippen molar-refractivity contribution >= 4 is 0 Å². The second-order valence-electron chi connectivity index (χ2n) is 33.9. The van der Waals surface area contributed by atoms with Gasteiger partial charge in [-0.3, -0.25) is 0 Å². The molecule has 0 heterocycles. The average molecular weight is 2070 g/mol. The molecule has 0 bridgehead atoms. The Hall–Kier alpha value is 5.06. The fourth-order valence-corrected chi connectivity index (χ4v) is 13.5. The Balaban J connectivity index is -0.0000000962. The summed E-state index contributed by atoms with van der Waals surface area (Å²) in [5, 5.41) is 0. The van der Waals surface area contributed by atoms with E-state index in [1.807, 2.05) is 6.08 Å². The van der Waals surface area contributed by atoms with Crippen LogP contribution in [0.4, 0.5) is 0 Å². The minimum absolute atomic E-state index is 0. The van der Waals surface area contributed by atoms with E-state index >= 15 is 0 Å². The Labute approximate surface area is 893 Å². The standard InChI is InChI=1S/C17H34.C17H33.C16H33.C15H32.C15H30.C15H28.C15H26.6Y/c2*1-5-7-8-9-10-11-13-17(4)15-14-16(3)12-6-2;1-4-6-8-10-11-13-15-16(3)14-12-9-7-5-2;4*1-3-5-7-9-11-13-15-14-12-10-8-6-4-2;;;;;;/h13-14,16-17H,5-12,15H2,1-4H3;6,13-14,16-17H,5,7-12,15H2,1-4H3;15-16H,4-14H2,1-3H3;3-15H2,1-2H3;13,15H,3-12,14H2,1-2H3;7,9,13,15H,3-6,8,10-12,14H2,1-2H3;3,7,9,13,15H,1,4-6,8,10-12,14H2,2H3;;;;;;/q-2;-3;-1;;;;;;;;;;/b;;;;15-13+;2*9-7+,15-13+;;;;;;. The maximum Gasteiger partial charge on any atom is 0 e. The maximum atomic E-state index is 3.67. The van der Waals surface area contributed by atoms with Gasteiger partial charge in [-0.1, -0.05) is 512 Å². The summed E-state index contributed by atoms with van der Waals surface area (Å²) < 4.78 is 0. The zero-order valence-electron chi connectivity index (χ0n) is 83.7. The van der Waals surface area contributed by atoms with Crippen molar-refractivity contribution in [3.8, 4) is 0 Å². The zero-order chi connectivity index (χ0) is 82.7. The molecule has 0 N–H and O–H groups in total. The molecule has 0 aliphatic heterocycles. The molecule has 0 aliphatic carbocycles. The molecule has 5 unspecified atom stereocenters. The van der Waals surface area contributed by atoms with E-state index in [0.29, 0.717) is 0 Å². The molecule has 0 aromatic rings. The molecular formula is C110H216Y6-6. The fraction of sp³-hybridized carbons (Fsp3) is 0.836. The van der Waals surface area contributed by atoms with Crippen LogP contribution in [-0.4, -0.2) is 0 Å². The second kappa shape index (κ2) is 151. The van der Waals surface area contributed by atoms with E-state index in [0.717, 1.165) is 48.9 Å². The summed E-state index contributed by atoms with van der Waals surface area (Å²) in [6.45, 7) is 44.8. The first-order valence-electron chi connectivity index (χ1n) is 50.7. The summed E-state index contributed by atoms with van der Waals surface area (Å²) >= 11 is 0. The van der Waals surface area contributed by atoms with E-state index < -0.39 is 0 Å². The van der Waals surface area contributed by atoms with Crippen LogP contribution in [0.2, 0.25) is 0 Å². The summed E-state index contributed by atoms with van der Waals surface area (Å²) in [5.41, 5.74) is 0. The molecule has 0 aromatic heterocycles. The monoisotopic (exact) mass is 2070 g/mol. The summed E-state index contributed by atoms with van der Waals surface area (Å²) in [6.07, 6.45) is 134. The van der Waals surface area contributed by atoms with Gasteiger partial charge in [0.25, 0.3) is 0 Å². The second-order valence-corrected chi connectivity index (χ2v) is 33.9. The quantitative estimate of drug-likeness (QED) is 0.0323. The van der Waals surface area contributed by atoms with Crippen LogP contribution in [-0.2, 0) is 196 Å². The molecule has 116 heavy (non-hydrogen) atoms. The summed E-state index contributed by atoms with van der Waals surface area (Å²) in [6, 6.07) is 0. The SMILES string of the molecule is C=CC/C=C/C/C=C/CCCCCCC.CCC/C=C/C/C=C/CCCCCCC.CCCCCC/C=C/CCCCCCC.CCCCCCCCCCCCCCC.CCCCCCC[CH-]C(C)CCCCCC.CCCCCCC[CH-]C(C)C[CH-]C(C)CCC.C[CH-]CC(C)[CH-]CC(C)[CH-]CCCCCCC.[Y].[Y].[Y].[Y].[Y].[Y]. The van der Waals surface area contributed by atoms with Gasteiger partial charge in [0.05, 0.1) is 0 Å². The van der Waals surface area contributed by atoms with Gasteiger partial charge in [0.15, 0.2) is 0 Å². The van der Waals surface area contributed by atoms with Crippen molar-refractivity contribution < 1.29 is 196 Å². The largest absolute Gasteiger partial charge is 0.334 e. The van der Waals surface area contributed by atoms with Crippen LogP contribution >= 0.6 is 0 Å². The van der Waals surface area contributed by atoms with Crippen molar-refractivity contribution in [2.75, 3.05) is 0 Å². The molecule has 680 valence electrons. The van der Waals surface area contributed by atoms with E-state index in [1.54, 1.807) is 0 Å².